The van der Waals surface area contributed by atoms with E-state index in [4.69, 9.17) is 9.84 Å². The number of hydrogen-bond acceptors (Lipinski definition) is 3. The predicted molar refractivity (Wildman–Crippen MR) is 68.4 cm³/mol. The van der Waals surface area contributed by atoms with Crippen LogP contribution in [0.15, 0.2) is 22.7 Å². The topological polar surface area (TPSA) is 78.9 Å². The largest absolute Gasteiger partial charge is 0.479 e. The van der Waals surface area contributed by atoms with E-state index in [1.165, 1.54) is 0 Å². The van der Waals surface area contributed by atoms with Crippen LogP contribution < -0.4 is 5.32 Å². The molecular weight excluding hydrogens is 302 g/mol. The number of carboxylic acid groups (broad SMARTS) is 1. The summed E-state index contributed by atoms with van der Waals surface area (Å²) in [5.41, 5.74) is -0.322. The Labute approximate surface area is 112 Å². The molecule has 0 radical (unpaired) electrons. The number of benzene rings is 1. The van der Waals surface area contributed by atoms with Crippen LogP contribution in [0.2, 0.25) is 0 Å². The second-order valence-electron chi connectivity index (χ2n) is 4.21. The standard InChI is InChI=1S/C12H12BrNO4/c1-6-5-8(13)3-4-9(6)14-10(15)12(11(16)17)7(2)18-12/h3-5,7H,1-2H3,(H,14,15)(H,16,17). The van der Waals surface area contributed by atoms with Gasteiger partial charge in [0.2, 0.25) is 0 Å². The van der Waals surface area contributed by atoms with Gasteiger partial charge < -0.3 is 15.2 Å². The highest BCUT2D eigenvalue weighted by atomic mass is 79.9. The normalized spacial score (nSPS) is 25.6. The second kappa shape index (κ2) is 4.37. The van der Waals surface area contributed by atoms with Gasteiger partial charge in [0.25, 0.3) is 11.5 Å². The van der Waals surface area contributed by atoms with Crippen LogP contribution in [-0.4, -0.2) is 28.7 Å². The molecule has 0 bridgehead atoms. The number of ether oxygens (including phenoxy) is 1. The van der Waals surface area contributed by atoms with Gasteiger partial charge in [-0.3, -0.25) is 4.79 Å². The van der Waals surface area contributed by atoms with Gasteiger partial charge >= 0.3 is 5.97 Å². The quantitative estimate of drug-likeness (QED) is 0.660. The SMILES string of the molecule is Cc1cc(Br)ccc1NC(=O)C1(C(=O)O)OC1C. The van der Waals surface area contributed by atoms with E-state index in [-0.39, 0.29) is 0 Å². The van der Waals surface area contributed by atoms with Crippen molar-refractivity contribution in [3.8, 4) is 0 Å². The van der Waals surface area contributed by atoms with Gasteiger partial charge in [0, 0.05) is 10.2 Å². The monoisotopic (exact) mass is 313 g/mol. The minimum Gasteiger partial charge on any atom is -0.479 e. The summed E-state index contributed by atoms with van der Waals surface area (Å²) in [5.74, 6) is -1.91. The van der Waals surface area contributed by atoms with Crippen LogP contribution in [0.25, 0.3) is 0 Å². The number of epoxide rings is 1. The van der Waals surface area contributed by atoms with Crippen molar-refractivity contribution in [2.75, 3.05) is 5.32 Å². The Morgan fingerprint density at radius 3 is 2.56 bits per heavy atom. The first-order valence-corrected chi connectivity index (χ1v) is 6.16. The molecule has 1 amide bonds. The summed E-state index contributed by atoms with van der Waals surface area (Å²) in [5, 5.41) is 11.6. The number of nitrogens with one attached hydrogen (secondary N) is 1. The van der Waals surface area contributed by atoms with Crippen LogP contribution in [0.1, 0.15) is 12.5 Å². The van der Waals surface area contributed by atoms with Gasteiger partial charge in [-0.05, 0) is 37.6 Å². The van der Waals surface area contributed by atoms with Crippen molar-refractivity contribution >= 4 is 33.5 Å². The molecule has 2 unspecified atom stereocenters. The Balaban J connectivity index is 2.20. The summed E-state index contributed by atoms with van der Waals surface area (Å²) in [6.45, 7) is 3.38. The van der Waals surface area contributed by atoms with E-state index < -0.39 is 23.6 Å². The first-order valence-electron chi connectivity index (χ1n) is 5.36. The van der Waals surface area contributed by atoms with Crippen molar-refractivity contribution in [2.24, 2.45) is 0 Å². The van der Waals surface area contributed by atoms with Crippen LogP contribution >= 0.6 is 15.9 Å². The third-order valence-electron chi connectivity index (χ3n) is 2.97. The number of anilines is 1. The summed E-state index contributed by atoms with van der Waals surface area (Å²) >= 11 is 3.32. The van der Waals surface area contributed by atoms with Crippen molar-refractivity contribution in [1.82, 2.24) is 0 Å². The second-order valence-corrected chi connectivity index (χ2v) is 5.13. The molecule has 2 atom stereocenters. The van der Waals surface area contributed by atoms with E-state index >= 15 is 0 Å². The molecule has 6 heteroatoms. The molecule has 2 rings (SSSR count). The molecule has 0 saturated carbocycles. The van der Waals surface area contributed by atoms with Crippen molar-refractivity contribution < 1.29 is 19.4 Å². The molecule has 1 aromatic carbocycles. The number of carbonyl (C=O) groups is 2. The zero-order valence-electron chi connectivity index (χ0n) is 9.86. The molecule has 18 heavy (non-hydrogen) atoms. The molecule has 0 spiro atoms. The van der Waals surface area contributed by atoms with Crippen LogP contribution in [0.4, 0.5) is 5.69 Å². The Hall–Kier alpha value is -1.40. The highest BCUT2D eigenvalue weighted by Gasteiger charge is 2.67. The number of hydrogen-bond donors (Lipinski definition) is 2. The van der Waals surface area contributed by atoms with Gasteiger partial charge in [0.15, 0.2) is 0 Å². The molecular formula is C12H12BrNO4. The minimum absolute atomic E-state index is 0.575. The first-order chi connectivity index (χ1) is 8.37. The van der Waals surface area contributed by atoms with E-state index in [0.29, 0.717) is 5.69 Å². The number of rotatable bonds is 3. The highest BCUT2D eigenvalue weighted by molar-refractivity contribution is 9.10. The maximum atomic E-state index is 12.0. The fraction of sp³-hybridized carbons (Fsp3) is 0.333. The van der Waals surface area contributed by atoms with Crippen molar-refractivity contribution in [2.45, 2.75) is 25.6 Å². The molecule has 1 aliphatic heterocycles. The van der Waals surface area contributed by atoms with Crippen LogP contribution in [0, 0.1) is 6.92 Å². The fourth-order valence-electron chi connectivity index (χ4n) is 1.79. The van der Waals surface area contributed by atoms with Crippen LogP contribution in [0.3, 0.4) is 0 Å². The molecule has 96 valence electrons. The first kappa shape index (κ1) is 13.0. The number of carbonyl (C=O) groups excluding carboxylic acids is 1. The van der Waals surface area contributed by atoms with Crippen LogP contribution in [0.5, 0.6) is 0 Å². The minimum atomic E-state index is -1.74. The maximum Gasteiger partial charge on any atom is 0.348 e. The predicted octanol–water partition coefficient (Wildman–Crippen LogP) is 1.94. The van der Waals surface area contributed by atoms with E-state index in [1.807, 2.05) is 13.0 Å². The fourth-order valence-corrected chi connectivity index (χ4v) is 2.26. The van der Waals surface area contributed by atoms with Gasteiger partial charge in [-0.15, -0.1) is 0 Å². The molecule has 1 aromatic rings. The zero-order valence-corrected chi connectivity index (χ0v) is 11.4. The molecule has 0 aromatic heterocycles. The average Bonchev–Trinajstić information content (AvgIpc) is 2.95. The molecule has 1 fully saturated rings. The summed E-state index contributed by atoms with van der Waals surface area (Å²) in [6, 6.07) is 5.31. The Morgan fingerprint density at radius 1 is 1.50 bits per heavy atom. The van der Waals surface area contributed by atoms with Gasteiger partial charge in [0.05, 0.1) is 0 Å². The Kier molecular flexibility index (Phi) is 3.16. The molecule has 1 heterocycles. The summed E-state index contributed by atoms with van der Waals surface area (Å²) in [4.78, 5) is 23.0. The van der Waals surface area contributed by atoms with Crippen LogP contribution in [-0.2, 0) is 14.3 Å². The number of aliphatic carboxylic acids is 1. The lowest BCUT2D eigenvalue weighted by Gasteiger charge is -2.11. The molecule has 1 saturated heterocycles. The number of amides is 1. The average molecular weight is 314 g/mol. The summed E-state index contributed by atoms with van der Waals surface area (Å²) in [7, 11) is 0. The molecule has 2 N–H and O–H groups in total. The third kappa shape index (κ3) is 2.02. The zero-order chi connectivity index (χ0) is 13.5. The molecule has 1 aliphatic rings. The lowest BCUT2D eigenvalue weighted by Crippen LogP contribution is -2.40. The smallest absolute Gasteiger partial charge is 0.348 e. The van der Waals surface area contributed by atoms with Crippen molar-refractivity contribution in [1.29, 1.82) is 0 Å². The number of halogens is 1. The van der Waals surface area contributed by atoms with E-state index in [0.717, 1.165) is 10.0 Å². The Morgan fingerprint density at radius 2 is 2.11 bits per heavy atom. The number of aryl methyl sites for hydroxylation is 1. The summed E-state index contributed by atoms with van der Waals surface area (Å²) < 4.78 is 5.83. The van der Waals surface area contributed by atoms with E-state index in [2.05, 4.69) is 21.2 Å². The molecule has 0 aliphatic carbocycles. The highest BCUT2D eigenvalue weighted by Crippen LogP contribution is 2.38. The van der Waals surface area contributed by atoms with Crippen molar-refractivity contribution in [3.05, 3.63) is 28.2 Å². The molecule has 5 nitrogen and oxygen atoms in total. The lowest BCUT2D eigenvalue weighted by molar-refractivity contribution is -0.147. The maximum absolute atomic E-state index is 12.0. The van der Waals surface area contributed by atoms with Gasteiger partial charge in [-0.2, -0.15) is 0 Å². The summed E-state index contributed by atoms with van der Waals surface area (Å²) in [6.07, 6.45) is -0.606. The van der Waals surface area contributed by atoms with Gasteiger partial charge in [-0.25, -0.2) is 4.79 Å². The van der Waals surface area contributed by atoms with E-state index in [1.54, 1.807) is 19.1 Å². The van der Waals surface area contributed by atoms with Gasteiger partial charge in [-0.1, -0.05) is 15.9 Å². The Bertz CT molecular complexity index is 531. The number of carboxylic acids is 1. The third-order valence-corrected chi connectivity index (χ3v) is 3.46. The van der Waals surface area contributed by atoms with E-state index in [9.17, 15) is 9.59 Å². The van der Waals surface area contributed by atoms with Gasteiger partial charge in [0.1, 0.15) is 6.10 Å². The van der Waals surface area contributed by atoms with Crippen molar-refractivity contribution in [3.63, 3.8) is 0 Å². The lowest BCUT2D eigenvalue weighted by atomic mass is 10.1.